The highest BCUT2D eigenvalue weighted by atomic mass is 16.5. The number of fused-ring (bicyclic) bond motifs is 1. The predicted octanol–water partition coefficient (Wildman–Crippen LogP) is -0.844. The van der Waals surface area contributed by atoms with E-state index in [9.17, 15) is 15.8 Å². The van der Waals surface area contributed by atoms with Crippen molar-refractivity contribution in [2.75, 3.05) is 26.3 Å². The van der Waals surface area contributed by atoms with Crippen LogP contribution in [0.3, 0.4) is 0 Å². The van der Waals surface area contributed by atoms with Crippen LogP contribution in [0.4, 0.5) is 0 Å². The van der Waals surface area contributed by atoms with Crippen LogP contribution < -0.4 is 10.6 Å². The van der Waals surface area contributed by atoms with E-state index in [0.717, 1.165) is 30.8 Å². The van der Waals surface area contributed by atoms with Crippen molar-refractivity contribution < 1.29 is 14.4 Å². The molecule has 2 aliphatic heterocycles. The van der Waals surface area contributed by atoms with Crippen LogP contribution in [0.25, 0.3) is 0 Å². The number of morpholine rings is 1. The molecule has 3 aliphatic rings. The maximum absolute atomic E-state index is 9.72. The average Bonchev–Trinajstić information content (AvgIpc) is 2.99. The molecule has 1 saturated heterocycles. The molecule has 0 aromatic heterocycles. The van der Waals surface area contributed by atoms with Gasteiger partial charge in [-0.15, -0.1) is 0 Å². The molecule has 0 amide bonds. The van der Waals surface area contributed by atoms with E-state index in [4.69, 9.17) is 15.2 Å². The van der Waals surface area contributed by atoms with Gasteiger partial charge in [-0.05, 0) is 12.8 Å². The molecule has 2 fully saturated rings. The van der Waals surface area contributed by atoms with Crippen molar-refractivity contribution in [1.29, 1.82) is 15.8 Å². The molecule has 114 valence electrons. The number of nitriles is 3. The third-order valence-corrected chi connectivity index (χ3v) is 5.22. The summed E-state index contributed by atoms with van der Waals surface area (Å²) in [7, 11) is 0. The fourth-order valence-electron chi connectivity index (χ4n) is 4.25. The average molecular weight is 300 g/mol. The number of rotatable bonds is 1. The summed E-state index contributed by atoms with van der Waals surface area (Å²) < 4.78 is 11.4. The number of hydrogen-bond donors (Lipinski definition) is 2. The number of hydrogen-bond acceptors (Lipinski definition) is 6. The van der Waals surface area contributed by atoms with Crippen molar-refractivity contribution in [2.45, 2.75) is 25.0 Å². The van der Waals surface area contributed by atoms with Crippen LogP contribution in [-0.4, -0.2) is 32.0 Å². The van der Waals surface area contributed by atoms with E-state index in [0.29, 0.717) is 19.6 Å². The van der Waals surface area contributed by atoms with Gasteiger partial charge in [0, 0.05) is 6.42 Å². The minimum absolute atomic E-state index is 0.0346. The van der Waals surface area contributed by atoms with Gasteiger partial charge in [0.2, 0.25) is 11.6 Å². The minimum Gasteiger partial charge on any atom is -0.424 e. The van der Waals surface area contributed by atoms with Gasteiger partial charge in [-0.25, -0.2) is 0 Å². The molecule has 3 rings (SSSR count). The standard InChI is InChI=1S/C15H17N5O2/c16-8-11-13(19)22-15(20-4-6-21-7-5-20)3-1-2-12(15)14(11,9-17)10-18/h12H,1-7,19H2/p+1/t12-,15+/m0/s1. The quantitative estimate of drug-likeness (QED) is 0.651. The zero-order chi connectivity index (χ0) is 15.8. The lowest BCUT2D eigenvalue weighted by atomic mass is 9.66. The zero-order valence-electron chi connectivity index (χ0n) is 12.3. The molecule has 2 atom stereocenters. The second kappa shape index (κ2) is 5.18. The fourth-order valence-corrected chi connectivity index (χ4v) is 4.25. The highest BCUT2D eigenvalue weighted by Gasteiger charge is 2.67. The van der Waals surface area contributed by atoms with Gasteiger partial charge in [0.05, 0.1) is 31.3 Å². The van der Waals surface area contributed by atoms with E-state index in [-0.39, 0.29) is 17.4 Å². The van der Waals surface area contributed by atoms with Crippen molar-refractivity contribution in [2.24, 2.45) is 17.1 Å². The Labute approximate surface area is 129 Å². The van der Waals surface area contributed by atoms with Crippen LogP contribution in [-0.2, 0) is 9.47 Å². The Hall–Kier alpha value is -2.27. The molecule has 1 aliphatic carbocycles. The summed E-state index contributed by atoms with van der Waals surface area (Å²) in [5.41, 5.74) is 3.71. The van der Waals surface area contributed by atoms with Gasteiger partial charge in [0.1, 0.15) is 24.7 Å². The van der Waals surface area contributed by atoms with Gasteiger partial charge in [0.25, 0.3) is 0 Å². The Morgan fingerprint density at radius 1 is 1.18 bits per heavy atom. The maximum Gasteiger partial charge on any atom is 0.249 e. The normalized spacial score (nSPS) is 34.0. The van der Waals surface area contributed by atoms with E-state index in [2.05, 4.69) is 12.1 Å². The van der Waals surface area contributed by atoms with E-state index in [1.54, 1.807) is 0 Å². The van der Waals surface area contributed by atoms with E-state index >= 15 is 0 Å². The van der Waals surface area contributed by atoms with Crippen LogP contribution in [0.15, 0.2) is 11.5 Å². The highest BCUT2D eigenvalue weighted by molar-refractivity contribution is 5.46. The van der Waals surface area contributed by atoms with Gasteiger partial charge in [-0.3, -0.25) is 4.90 Å². The Morgan fingerprint density at radius 2 is 1.86 bits per heavy atom. The van der Waals surface area contributed by atoms with Gasteiger partial charge in [-0.1, -0.05) is 0 Å². The van der Waals surface area contributed by atoms with Crippen LogP contribution in [0.2, 0.25) is 0 Å². The number of nitrogens with zero attached hydrogens (tertiary/aromatic N) is 3. The summed E-state index contributed by atoms with van der Waals surface area (Å²) in [6.07, 6.45) is 2.27. The van der Waals surface area contributed by atoms with Crippen molar-refractivity contribution in [3.8, 4) is 18.2 Å². The molecular weight excluding hydrogens is 282 g/mol. The molecular formula is C15H18N5O2+. The molecule has 7 nitrogen and oxygen atoms in total. The summed E-state index contributed by atoms with van der Waals surface area (Å²) in [6.45, 7) is 2.74. The first kappa shape index (κ1) is 14.7. The smallest absolute Gasteiger partial charge is 0.249 e. The Kier molecular flexibility index (Phi) is 3.45. The molecule has 7 heteroatoms. The SMILES string of the molecule is N#CC1=C(N)O[C@]2([NH+]3CCOCC3)CCC[C@H]2C1(C#N)C#N. The fraction of sp³-hybridized carbons (Fsp3) is 0.667. The lowest BCUT2D eigenvalue weighted by molar-refractivity contribution is -0.989. The monoisotopic (exact) mass is 300 g/mol. The summed E-state index contributed by atoms with van der Waals surface area (Å²) in [6, 6.07) is 6.11. The first-order valence-electron chi connectivity index (χ1n) is 7.49. The lowest BCUT2D eigenvalue weighted by Crippen LogP contribution is -3.23. The van der Waals surface area contributed by atoms with Crippen LogP contribution in [0.5, 0.6) is 0 Å². The molecule has 0 unspecified atom stereocenters. The molecule has 22 heavy (non-hydrogen) atoms. The van der Waals surface area contributed by atoms with Crippen molar-refractivity contribution in [1.82, 2.24) is 0 Å². The van der Waals surface area contributed by atoms with Gasteiger partial charge in [0.15, 0.2) is 5.41 Å². The Morgan fingerprint density at radius 3 is 2.45 bits per heavy atom. The highest BCUT2D eigenvalue weighted by Crippen LogP contribution is 2.53. The zero-order valence-corrected chi connectivity index (χ0v) is 12.3. The van der Waals surface area contributed by atoms with Crippen LogP contribution in [0, 0.1) is 45.3 Å². The molecule has 0 bridgehead atoms. The molecule has 3 N–H and O–H groups in total. The van der Waals surface area contributed by atoms with Gasteiger partial charge >= 0.3 is 0 Å². The number of nitrogens with two attached hydrogens (primary N) is 1. The van der Waals surface area contributed by atoms with E-state index in [1.165, 1.54) is 0 Å². The number of allylic oxidation sites excluding steroid dienone is 1. The second-order valence-corrected chi connectivity index (χ2v) is 6.03. The van der Waals surface area contributed by atoms with Gasteiger partial charge in [-0.2, -0.15) is 15.8 Å². The largest absolute Gasteiger partial charge is 0.424 e. The maximum atomic E-state index is 9.72. The Bertz CT molecular complexity index is 618. The van der Waals surface area contributed by atoms with Crippen LogP contribution >= 0.6 is 0 Å². The van der Waals surface area contributed by atoms with E-state index < -0.39 is 11.1 Å². The Balaban J connectivity index is 2.14. The summed E-state index contributed by atoms with van der Waals surface area (Å²) in [5.74, 6) is -0.409. The van der Waals surface area contributed by atoms with E-state index in [1.807, 2.05) is 6.07 Å². The summed E-state index contributed by atoms with van der Waals surface area (Å²) in [5, 5.41) is 28.8. The van der Waals surface area contributed by atoms with Crippen molar-refractivity contribution in [3.05, 3.63) is 11.5 Å². The van der Waals surface area contributed by atoms with Gasteiger partial charge < -0.3 is 15.2 Å². The molecule has 2 heterocycles. The van der Waals surface area contributed by atoms with Crippen LogP contribution in [0.1, 0.15) is 19.3 Å². The number of quaternary nitrogens is 1. The second-order valence-electron chi connectivity index (χ2n) is 6.03. The molecule has 0 radical (unpaired) electrons. The topological polar surface area (TPSA) is 120 Å². The third-order valence-electron chi connectivity index (χ3n) is 5.22. The summed E-state index contributed by atoms with van der Waals surface area (Å²) >= 11 is 0. The molecule has 0 aromatic carbocycles. The molecule has 0 aromatic rings. The minimum atomic E-state index is -1.51. The molecule has 1 saturated carbocycles. The lowest BCUT2D eigenvalue weighted by Gasteiger charge is -2.48. The number of nitrogens with one attached hydrogen (secondary N) is 1. The van der Waals surface area contributed by atoms with Crippen molar-refractivity contribution >= 4 is 0 Å². The first-order valence-corrected chi connectivity index (χ1v) is 7.49. The molecule has 0 spiro atoms. The predicted molar refractivity (Wildman–Crippen MR) is 73.2 cm³/mol. The first-order chi connectivity index (χ1) is 10.6. The summed E-state index contributed by atoms with van der Waals surface area (Å²) in [4.78, 5) is 1.16. The van der Waals surface area contributed by atoms with Crippen molar-refractivity contribution in [3.63, 3.8) is 0 Å². The number of ether oxygens (including phenoxy) is 2. The third kappa shape index (κ3) is 1.72.